The SMILES string of the molecule is CCCOc1ccc(/C(O)=C2\C(=O)C(=O)N(CCCN3CCOCC3)C2c2ccc(OCCC(C)C)c(OC)c2)cc1C. The van der Waals surface area contributed by atoms with Gasteiger partial charge in [0.15, 0.2) is 11.5 Å². The predicted molar refractivity (Wildman–Crippen MR) is 166 cm³/mol. The fraction of sp³-hybridized carbons (Fsp3) is 0.529. The van der Waals surface area contributed by atoms with Gasteiger partial charge < -0.3 is 29.0 Å². The normalized spacial score (nSPS) is 18.8. The highest BCUT2D eigenvalue weighted by molar-refractivity contribution is 6.46. The molecule has 0 bridgehead atoms. The molecule has 1 unspecified atom stereocenters. The van der Waals surface area contributed by atoms with Gasteiger partial charge >= 0.3 is 0 Å². The number of methoxy groups -OCH3 is 1. The van der Waals surface area contributed by atoms with Gasteiger partial charge in [0, 0.05) is 31.7 Å². The summed E-state index contributed by atoms with van der Waals surface area (Å²) in [6.45, 7) is 13.6. The minimum atomic E-state index is -0.778. The third-order valence-electron chi connectivity index (χ3n) is 7.88. The maximum absolute atomic E-state index is 13.6. The number of ether oxygens (including phenoxy) is 4. The van der Waals surface area contributed by atoms with E-state index in [-0.39, 0.29) is 11.3 Å². The zero-order valence-electron chi connectivity index (χ0n) is 26.2. The van der Waals surface area contributed by atoms with Crippen molar-refractivity contribution in [3.63, 3.8) is 0 Å². The monoisotopic (exact) mass is 594 g/mol. The maximum Gasteiger partial charge on any atom is 0.295 e. The number of ketones is 1. The second kappa shape index (κ2) is 15.3. The van der Waals surface area contributed by atoms with Gasteiger partial charge in [-0.3, -0.25) is 14.5 Å². The molecule has 2 aliphatic heterocycles. The highest BCUT2D eigenvalue weighted by Crippen LogP contribution is 2.42. The van der Waals surface area contributed by atoms with Crippen molar-refractivity contribution in [3.8, 4) is 17.2 Å². The van der Waals surface area contributed by atoms with Crippen LogP contribution < -0.4 is 14.2 Å². The number of Topliss-reactive ketones (excluding diaryl/α,β-unsaturated/α-hetero) is 1. The van der Waals surface area contributed by atoms with Crippen molar-refractivity contribution in [2.24, 2.45) is 5.92 Å². The average Bonchev–Trinajstić information content (AvgIpc) is 3.25. The molecule has 9 nitrogen and oxygen atoms in total. The van der Waals surface area contributed by atoms with Gasteiger partial charge in [0.25, 0.3) is 11.7 Å². The lowest BCUT2D eigenvalue weighted by atomic mass is 9.94. The summed E-state index contributed by atoms with van der Waals surface area (Å²) < 4.78 is 22.9. The number of carbonyl (C=O) groups excluding carboxylic acids is 2. The summed E-state index contributed by atoms with van der Waals surface area (Å²) in [7, 11) is 1.57. The summed E-state index contributed by atoms with van der Waals surface area (Å²) in [5.74, 6) is 0.788. The quantitative estimate of drug-likeness (QED) is 0.177. The van der Waals surface area contributed by atoms with Crippen molar-refractivity contribution < 1.29 is 33.6 Å². The van der Waals surface area contributed by atoms with E-state index in [1.165, 1.54) is 0 Å². The molecule has 4 rings (SSSR count). The van der Waals surface area contributed by atoms with Crippen LogP contribution in [0, 0.1) is 12.8 Å². The summed E-state index contributed by atoms with van der Waals surface area (Å²) in [6.07, 6.45) is 2.46. The largest absolute Gasteiger partial charge is 0.507 e. The number of amides is 1. The lowest BCUT2D eigenvalue weighted by molar-refractivity contribution is -0.140. The second-order valence-electron chi connectivity index (χ2n) is 11.6. The minimum Gasteiger partial charge on any atom is -0.507 e. The van der Waals surface area contributed by atoms with Crippen molar-refractivity contribution >= 4 is 17.4 Å². The Bertz CT molecular complexity index is 1300. The molecule has 234 valence electrons. The minimum absolute atomic E-state index is 0.0635. The lowest BCUT2D eigenvalue weighted by Gasteiger charge is -2.29. The van der Waals surface area contributed by atoms with Crippen molar-refractivity contribution in [2.75, 3.05) is 59.7 Å². The van der Waals surface area contributed by atoms with Crippen LogP contribution >= 0.6 is 0 Å². The van der Waals surface area contributed by atoms with Crippen molar-refractivity contribution in [2.45, 2.75) is 53.0 Å². The molecule has 0 spiro atoms. The van der Waals surface area contributed by atoms with Gasteiger partial charge in [-0.15, -0.1) is 0 Å². The number of rotatable bonds is 14. The van der Waals surface area contributed by atoms with Crippen LogP contribution in [0.1, 0.15) is 62.8 Å². The number of likely N-dealkylation sites (tertiary alicyclic amines) is 1. The van der Waals surface area contributed by atoms with Gasteiger partial charge in [-0.1, -0.05) is 26.8 Å². The molecule has 1 atom stereocenters. The molecule has 0 saturated carbocycles. The fourth-order valence-corrected chi connectivity index (χ4v) is 5.45. The summed E-state index contributed by atoms with van der Waals surface area (Å²) in [5.41, 5.74) is 2.02. The number of nitrogens with zero attached hydrogens (tertiary/aromatic N) is 2. The first kappa shape index (κ1) is 32.4. The second-order valence-corrected chi connectivity index (χ2v) is 11.6. The highest BCUT2D eigenvalue weighted by Gasteiger charge is 2.46. The third kappa shape index (κ3) is 7.89. The highest BCUT2D eigenvalue weighted by atomic mass is 16.5. The van der Waals surface area contributed by atoms with Gasteiger partial charge in [-0.05, 0) is 73.6 Å². The van der Waals surface area contributed by atoms with Crippen LogP contribution in [-0.2, 0) is 14.3 Å². The molecule has 2 aliphatic rings. The van der Waals surface area contributed by atoms with E-state index in [9.17, 15) is 14.7 Å². The molecule has 1 N–H and O–H groups in total. The molecule has 1 amide bonds. The van der Waals surface area contributed by atoms with Gasteiger partial charge in [0.1, 0.15) is 11.5 Å². The summed E-state index contributed by atoms with van der Waals surface area (Å²) in [4.78, 5) is 31.0. The molecule has 2 aromatic carbocycles. The number of aryl methyl sites for hydroxylation is 1. The Hall–Kier alpha value is -3.56. The first-order valence-corrected chi connectivity index (χ1v) is 15.4. The van der Waals surface area contributed by atoms with E-state index in [1.54, 1.807) is 36.3 Å². The Labute approximate surface area is 255 Å². The predicted octanol–water partition coefficient (Wildman–Crippen LogP) is 5.36. The maximum atomic E-state index is 13.6. The molecule has 2 saturated heterocycles. The summed E-state index contributed by atoms with van der Waals surface area (Å²) >= 11 is 0. The number of carbonyl (C=O) groups is 2. The smallest absolute Gasteiger partial charge is 0.295 e. The Balaban J connectivity index is 1.70. The van der Waals surface area contributed by atoms with Crippen LogP contribution in [0.5, 0.6) is 17.2 Å². The van der Waals surface area contributed by atoms with Gasteiger partial charge in [-0.2, -0.15) is 0 Å². The molecule has 43 heavy (non-hydrogen) atoms. The number of morpholine rings is 1. The number of aliphatic hydroxyl groups excluding tert-OH is 1. The first-order chi connectivity index (χ1) is 20.7. The van der Waals surface area contributed by atoms with Crippen molar-refractivity contribution in [1.29, 1.82) is 0 Å². The lowest BCUT2D eigenvalue weighted by Crippen LogP contribution is -2.39. The molecule has 0 aliphatic carbocycles. The topological polar surface area (TPSA) is 97.8 Å². The molecular weight excluding hydrogens is 548 g/mol. The zero-order chi connectivity index (χ0) is 30.9. The van der Waals surface area contributed by atoms with Crippen LogP contribution in [0.3, 0.4) is 0 Å². The Morgan fingerprint density at radius 2 is 1.72 bits per heavy atom. The van der Waals surface area contributed by atoms with Gasteiger partial charge in [0.05, 0.1) is 45.2 Å². The molecule has 0 radical (unpaired) electrons. The molecule has 2 aromatic rings. The molecule has 0 aromatic heterocycles. The Morgan fingerprint density at radius 1 is 1.00 bits per heavy atom. The Morgan fingerprint density at radius 3 is 2.40 bits per heavy atom. The van der Waals surface area contributed by atoms with E-state index in [1.807, 2.05) is 26.0 Å². The van der Waals surface area contributed by atoms with Crippen LogP contribution in [0.2, 0.25) is 0 Å². The molecule has 2 fully saturated rings. The molecular formula is C34H46N2O7. The summed E-state index contributed by atoms with van der Waals surface area (Å²) in [5, 5.41) is 11.6. The Kier molecular flexibility index (Phi) is 11.5. The standard InChI is InChI=1S/C34H46N2O7/c1-6-17-42-27-10-9-26(21-24(27)4)32(37)30-31(25-8-11-28(29(22-25)40-5)43-18-12-23(2)3)36(34(39)33(30)38)14-7-13-35-15-19-41-20-16-35/h8-11,21-23,31,37H,6-7,12-20H2,1-5H3/b32-30+. The van der Waals surface area contributed by atoms with E-state index in [2.05, 4.69) is 18.7 Å². The van der Waals surface area contributed by atoms with E-state index >= 15 is 0 Å². The van der Waals surface area contributed by atoms with E-state index in [4.69, 9.17) is 18.9 Å². The number of aliphatic hydroxyl groups is 1. The number of hydrogen-bond acceptors (Lipinski definition) is 8. The summed E-state index contributed by atoms with van der Waals surface area (Å²) in [6, 6.07) is 9.99. The van der Waals surface area contributed by atoms with Crippen molar-refractivity contribution in [1.82, 2.24) is 9.80 Å². The number of hydrogen-bond donors (Lipinski definition) is 1. The van der Waals surface area contributed by atoms with Crippen LogP contribution in [-0.4, -0.2) is 86.3 Å². The van der Waals surface area contributed by atoms with Crippen LogP contribution in [0.15, 0.2) is 42.0 Å². The zero-order valence-corrected chi connectivity index (χ0v) is 26.2. The number of benzene rings is 2. The van der Waals surface area contributed by atoms with Gasteiger partial charge in [0.2, 0.25) is 0 Å². The van der Waals surface area contributed by atoms with E-state index in [0.717, 1.165) is 43.8 Å². The van der Waals surface area contributed by atoms with Crippen LogP contribution in [0.25, 0.3) is 5.76 Å². The average molecular weight is 595 g/mol. The molecule has 2 heterocycles. The first-order valence-electron chi connectivity index (χ1n) is 15.4. The molecule has 9 heteroatoms. The van der Waals surface area contributed by atoms with E-state index in [0.29, 0.717) is 67.9 Å². The van der Waals surface area contributed by atoms with Crippen molar-refractivity contribution in [3.05, 3.63) is 58.7 Å². The van der Waals surface area contributed by atoms with Gasteiger partial charge in [-0.25, -0.2) is 0 Å². The third-order valence-corrected chi connectivity index (χ3v) is 7.88. The van der Waals surface area contributed by atoms with E-state index < -0.39 is 17.7 Å². The van der Waals surface area contributed by atoms with Crippen LogP contribution in [0.4, 0.5) is 0 Å². The fourth-order valence-electron chi connectivity index (χ4n) is 5.45.